The number of benzene rings is 1. The van der Waals surface area contributed by atoms with Crippen molar-refractivity contribution in [3.8, 4) is 0 Å². The Morgan fingerprint density at radius 1 is 1.08 bits per heavy atom. The maximum atomic E-state index is 13.7. The van der Waals surface area contributed by atoms with Gasteiger partial charge in [0.25, 0.3) is 5.91 Å². The second-order valence-electron chi connectivity index (χ2n) is 11.7. The molecule has 2 aliphatic heterocycles. The van der Waals surface area contributed by atoms with Gasteiger partial charge in [-0.25, -0.2) is 0 Å². The summed E-state index contributed by atoms with van der Waals surface area (Å²) in [5.41, 5.74) is 1.54. The summed E-state index contributed by atoms with van der Waals surface area (Å²) < 4.78 is 0. The van der Waals surface area contributed by atoms with Crippen LogP contribution in [0.15, 0.2) is 24.3 Å². The van der Waals surface area contributed by atoms with Gasteiger partial charge in [-0.2, -0.15) is 0 Å². The molecule has 0 radical (unpaired) electrons. The molecule has 2 fully saturated rings. The number of hydrogen-bond acceptors (Lipinski definition) is 5. The lowest BCUT2D eigenvalue weighted by Gasteiger charge is -2.29. The number of rotatable bonds is 7. The van der Waals surface area contributed by atoms with Gasteiger partial charge in [-0.3, -0.25) is 24.0 Å². The van der Waals surface area contributed by atoms with E-state index in [9.17, 15) is 24.0 Å². The van der Waals surface area contributed by atoms with E-state index < -0.39 is 18.1 Å². The summed E-state index contributed by atoms with van der Waals surface area (Å²) in [7, 11) is 1.54. The number of carbonyl (C=O) groups is 5. The van der Waals surface area contributed by atoms with Crippen molar-refractivity contribution in [3.05, 3.63) is 35.4 Å². The first kappa shape index (κ1) is 28.3. The second kappa shape index (κ2) is 11.0. The van der Waals surface area contributed by atoms with Crippen LogP contribution >= 0.6 is 0 Å². The molecule has 0 saturated carbocycles. The predicted octanol–water partition coefficient (Wildman–Crippen LogP) is 1.99. The molecule has 37 heavy (non-hydrogen) atoms. The summed E-state index contributed by atoms with van der Waals surface area (Å²) in [5, 5.41) is 2.90. The Kier molecular flexibility index (Phi) is 8.45. The Labute approximate surface area is 219 Å². The molecular formula is C28H40N4O5. The van der Waals surface area contributed by atoms with E-state index in [1.54, 1.807) is 12.1 Å². The number of nitrogens with zero attached hydrogens (tertiary/aromatic N) is 3. The lowest BCUT2D eigenvalue weighted by molar-refractivity contribution is -0.139. The fourth-order valence-corrected chi connectivity index (χ4v) is 5.05. The first-order valence-corrected chi connectivity index (χ1v) is 13.0. The minimum atomic E-state index is -0.782. The molecular weight excluding hydrogens is 472 g/mol. The zero-order valence-corrected chi connectivity index (χ0v) is 23.0. The summed E-state index contributed by atoms with van der Waals surface area (Å²) in [5.74, 6) is -1.24. The SMILES string of the molecule is CC(=O)N(C)CC(=O)N1CC(=O)C2C1CCN2C(=O)C(CC(C)C)NC(=O)c1ccc(C(C)(C)C)cc1. The predicted molar refractivity (Wildman–Crippen MR) is 140 cm³/mol. The van der Waals surface area contributed by atoms with E-state index in [-0.39, 0.29) is 53.8 Å². The molecule has 0 bridgehead atoms. The molecule has 2 aliphatic rings. The third-order valence-electron chi connectivity index (χ3n) is 7.26. The summed E-state index contributed by atoms with van der Waals surface area (Å²) in [6.07, 6.45) is 0.910. The first-order valence-electron chi connectivity index (χ1n) is 13.0. The number of ketones is 1. The van der Waals surface area contributed by atoms with Crippen molar-refractivity contribution in [2.45, 2.75) is 77.9 Å². The van der Waals surface area contributed by atoms with Gasteiger partial charge in [0.2, 0.25) is 17.7 Å². The van der Waals surface area contributed by atoms with Crippen LogP contribution in [0.25, 0.3) is 0 Å². The van der Waals surface area contributed by atoms with Crippen molar-refractivity contribution in [1.29, 1.82) is 0 Å². The average Bonchev–Trinajstić information content (AvgIpc) is 3.38. The summed E-state index contributed by atoms with van der Waals surface area (Å²) in [6.45, 7) is 11.8. The summed E-state index contributed by atoms with van der Waals surface area (Å²) >= 11 is 0. The number of amides is 4. The maximum Gasteiger partial charge on any atom is 0.251 e. The maximum absolute atomic E-state index is 13.7. The van der Waals surface area contributed by atoms with E-state index in [4.69, 9.17) is 0 Å². The normalized spacial score (nSPS) is 20.2. The third-order valence-corrected chi connectivity index (χ3v) is 7.26. The minimum absolute atomic E-state index is 0.0397. The molecule has 9 nitrogen and oxygen atoms in total. The van der Waals surface area contributed by atoms with Crippen molar-refractivity contribution in [3.63, 3.8) is 0 Å². The molecule has 3 rings (SSSR count). The number of likely N-dealkylation sites (N-methyl/N-ethyl adjacent to an activating group) is 1. The Bertz CT molecular complexity index is 1060. The van der Waals surface area contributed by atoms with E-state index in [2.05, 4.69) is 26.1 Å². The largest absolute Gasteiger partial charge is 0.340 e. The molecule has 0 aliphatic carbocycles. The van der Waals surface area contributed by atoms with Gasteiger partial charge in [0.15, 0.2) is 5.78 Å². The zero-order chi connectivity index (χ0) is 27.7. The summed E-state index contributed by atoms with van der Waals surface area (Å²) in [6, 6.07) is 5.45. The molecule has 1 aromatic carbocycles. The van der Waals surface area contributed by atoms with E-state index in [0.29, 0.717) is 24.9 Å². The van der Waals surface area contributed by atoms with Gasteiger partial charge >= 0.3 is 0 Å². The van der Waals surface area contributed by atoms with Gasteiger partial charge in [-0.1, -0.05) is 46.8 Å². The monoisotopic (exact) mass is 512 g/mol. The third kappa shape index (κ3) is 6.37. The van der Waals surface area contributed by atoms with Gasteiger partial charge in [-0.05, 0) is 41.9 Å². The highest BCUT2D eigenvalue weighted by atomic mass is 16.2. The van der Waals surface area contributed by atoms with Crippen LogP contribution in [0.5, 0.6) is 0 Å². The number of nitrogens with one attached hydrogen (secondary N) is 1. The lowest BCUT2D eigenvalue weighted by Crippen LogP contribution is -2.53. The highest BCUT2D eigenvalue weighted by Gasteiger charge is 2.52. The van der Waals surface area contributed by atoms with E-state index in [1.807, 2.05) is 26.0 Å². The van der Waals surface area contributed by atoms with Crippen LogP contribution in [0.1, 0.15) is 70.3 Å². The molecule has 0 spiro atoms. The van der Waals surface area contributed by atoms with Crippen LogP contribution in [0.2, 0.25) is 0 Å². The van der Waals surface area contributed by atoms with Crippen molar-refractivity contribution < 1.29 is 24.0 Å². The van der Waals surface area contributed by atoms with Gasteiger partial charge in [0.05, 0.1) is 19.1 Å². The highest BCUT2D eigenvalue weighted by molar-refractivity contribution is 6.01. The van der Waals surface area contributed by atoms with Gasteiger partial charge in [0, 0.05) is 26.1 Å². The second-order valence-corrected chi connectivity index (χ2v) is 11.7. The van der Waals surface area contributed by atoms with Crippen molar-refractivity contribution in [2.75, 3.05) is 26.7 Å². The molecule has 4 amide bonds. The molecule has 1 N–H and O–H groups in total. The minimum Gasteiger partial charge on any atom is -0.340 e. The molecule has 3 unspecified atom stereocenters. The van der Waals surface area contributed by atoms with Gasteiger partial charge < -0.3 is 20.0 Å². The van der Waals surface area contributed by atoms with Crippen molar-refractivity contribution in [1.82, 2.24) is 20.0 Å². The van der Waals surface area contributed by atoms with Gasteiger partial charge in [-0.15, -0.1) is 0 Å². The molecule has 2 heterocycles. The molecule has 2 saturated heterocycles. The van der Waals surface area contributed by atoms with Crippen molar-refractivity contribution >= 4 is 29.4 Å². The Balaban J connectivity index is 1.74. The standard InChI is InChI=1S/C28H40N4O5/c1-17(2)14-21(29-26(36)19-8-10-20(11-9-19)28(4,5)6)27(37)31-13-12-22-25(31)23(34)15-32(22)24(35)16-30(7)18(3)33/h8-11,17,21-22,25H,12-16H2,1-7H3,(H,29,36). The van der Waals surface area contributed by atoms with Crippen LogP contribution in [0.4, 0.5) is 0 Å². The summed E-state index contributed by atoms with van der Waals surface area (Å²) in [4.78, 5) is 68.4. The van der Waals surface area contributed by atoms with Crippen LogP contribution in [-0.2, 0) is 24.6 Å². The lowest BCUT2D eigenvalue weighted by atomic mass is 9.86. The van der Waals surface area contributed by atoms with Crippen LogP contribution in [0.3, 0.4) is 0 Å². The topological polar surface area (TPSA) is 107 Å². The zero-order valence-electron chi connectivity index (χ0n) is 23.0. The van der Waals surface area contributed by atoms with E-state index in [1.165, 1.54) is 28.7 Å². The van der Waals surface area contributed by atoms with Crippen LogP contribution in [0, 0.1) is 5.92 Å². The first-order chi connectivity index (χ1) is 17.2. The number of likely N-dealkylation sites (tertiary alicyclic amines) is 2. The number of fused-ring (bicyclic) bond motifs is 1. The van der Waals surface area contributed by atoms with E-state index >= 15 is 0 Å². The molecule has 202 valence electrons. The molecule has 1 aromatic rings. The van der Waals surface area contributed by atoms with Crippen molar-refractivity contribution in [2.24, 2.45) is 5.92 Å². The van der Waals surface area contributed by atoms with Gasteiger partial charge in [0.1, 0.15) is 12.1 Å². The highest BCUT2D eigenvalue weighted by Crippen LogP contribution is 2.31. The number of hydrogen-bond donors (Lipinski definition) is 1. The van der Waals surface area contributed by atoms with Crippen LogP contribution in [-0.4, -0.2) is 88.9 Å². The smallest absolute Gasteiger partial charge is 0.251 e. The molecule has 0 aromatic heterocycles. The van der Waals surface area contributed by atoms with E-state index in [0.717, 1.165) is 5.56 Å². The van der Waals surface area contributed by atoms with Crippen LogP contribution < -0.4 is 5.32 Å². The Hall–Kier alpha value is -3.23. The fourth-order valence-electron chi connectivity index (χ4n) is 5.05. The average molecular weight is 513 g/mol. The number of carbonyl (C=O) groups excluding carboxylic acids is 5. The Morgan fingerprint density at radius 3 is 2.24 bits per heavy atom. The molecule has 3 atom stereocenters. The quantitative estimate of drug-likeness (QED) is 0.601. The Morgan fingerprint density at radius 2 is 1.70 bits per heavy atom. The fraction of sp³-hybridized carbons (Fsp3) is 0.607. The number of Topliss-reactive ketones (excluding diaryl/α,β-unsaturated/α-hetero) is 1. The molecule has 9 heteroatoms.